The molecule has 1 atom stereocenters. The Hall–Kier alpha value is -2.76. The van der Waals surface area contributed by atoms with Crippen LogP contribution in [0.15, 0.2) is 58.7 Å². The summed E-state index contributed by atoms with van der Waals surface area (Å²) in [5.41, 5.74) is 6.21. The van der Waals surface area contributed by atoms with Crippen molar-refractivity contribution in [2.45, 2.75) is 45.2 Å². The van der Waals surface area contributed by atoms with Gasteiger partial charge in [0.05, 0.1) is 11.9 Å². The molecule has 4 aromatic rings. The first kappa shape index (κ1) is 19.2. The van der Waals surface area contributed by atoms with Crippen LogP contribution in [-0.4, -0.2) is 9.97 Å². The molecule has 5 heteroatoms. The summed E-state index contributed by atoms with van der Waals surface area (Å²) in [6.07, 6.45) is 4.98. The van der Waals surface area contributed by atoms with E-state index in [1.165, 1.54) is 53.7 Å². The maximum atomic E-state index is 12.8. The van der Waals surface area contributed by atoms with Crippen LogP contribution in [-0.2, 0) is 19.4 Å². The van der Waals surface area contributed by atoms with E-state index in [2.05, 4.69) is 35.4 Å². The van der Waals surface area contributed by atoms with Gasteiger partial charge in [0.2, 0.25) is 0 Å². The molecule has 2 aromatic carbocycles. The summed E-state index contributed by atoms with van der Waals surface area (Å²) >= 11 is 1.52. The van der Waals surface area contributed by atoms with Crippen LogP contribution in [0.25, 0.3) is 21.3 Å². The molecule has 0 unspecified atom stereocenters. The van der Waals surface area contributed by atoms with Crippen molar-refractivity contribution in [3.63, 3.8) is 0 Å². The van der Waals surface area contributed by atoms with E-state index in [-0.39, 0.29) is 11.6 Å². The van der Waals surface area contributed by atoms with Crippen molar-refractivity contribution in [2.24, 2.45) is 0 Å². The number of hydrogen-bond donors (Lipinski definition) is 2. The summed E-state index contributed by atoms with van der Waals surface area (Å²) in [6.45, 7) is 2.70. The Morgan fingerprint density at radius 3 is 2.73 bits per heavy atom. The topological polar surface area (TPSA) is 57.8 Å². The van der Waals surface area contributed by atoms with Crippen LogP contribution >= 0.6 is 11.3 Å². The predicted octanol–water partition coefficient (Wildman–Crippen LogP) is 5.38. The van der Waals surface area contributed by atoms with E-state index in [4.69, 9.17) is 4.98 Å². The number of benzene rings is 2. The summed E-state index contributed by atoms with van der Waals surface area (Å²) in [5, 5.41) is 6.23. The van der Waals surface area contributed by atoms with Gasteiger partial charge in [0.25, 0.3) is 5.56 Å². The van der Waals surface area contributed by atoms with Crippen molar-refractivity contribution in [3.05, 3.63) is 86.8 Å². The second-order valence-corrected chi connectivity index (χ2v) is 8.90. The minimum Gasteiger partial charge on any atom is -0.309 e. The number of aromatic amines is 1. The number of aryl methyl sites for hydroxylation is 2. The van der Waals surface area contributed by atoms with Gasteiger partial charge in [-0.2, -0.15) is 0 Å². The Morgan fingerprint density at radius 1 is 1.10 bits per heavy atom. The third-order valence-corrected chi connectivity index (χ3v) is 6.90. The Morgan fingerprint density at radius 2 is 1.90 bits per heavy atom. The number of thiophene rings is 1. The van der Waals surface area contributed by atoms with E-state index in [0.717, 1.165) is 16.0 Å². The molecule has 0 bridgehead atoms. The summed E-state index contributed by atoms with van der Waals surface area (Å²) in [4.78, 5) is 21.3. The molecule has 5 rings (SSSR count). The summed E-state index contributed by atoms with van der Waals surface area (Å²) in [6, 6.07) is 17.1. The van der Waals surface area contributed by atoms with Crippen molar-refractivity contribution in [3.8, 4) is 11.1 Å². The molecule has 1 aliphatic rings. The lowest BCUT2D eigenvalue weighted by molar-refractivity contribution is 0.558. The number of rotatable bonds is 5. The first-order valence-corrected chi connectivity index (χ1v) is 11.5. The van der Waals surface area contributed by atoms with Crippen LogP contribution in [0.3, 0.4) is 0 Å². The minimum atomic E-state index is -0.0710. The zero-order chi connectivity index (χ0) is 20.5. The molecule has 2 aromatic heterocycles. The summed E-state index contributed by atoms with van der Waals surface area (Å²) in [5.74, 6) is 0.679. The van der Waals surface area contributed by atoms with Crippen LogP contribution in [0.5, 0.6) is 0 Å². The van der Waals surface area contributed by atoms with Crippen molar-refractivity contribution in [2.75, 3.05) is 0 Å². The van der Waals surface area contributed by atoms with Crippen molar-refractivity contribution in [1.82, 2.24) is 15.3 Å². The fourth-order valence-corrected chi connectivity index (χ4v) is 5.26. The number of nitrogens with zero attached hydrogens (tertiary/aromatic N) is 1. The fourth-order valence-electron chi connectivity index (χ4n) is 4.30. The number of hydrogen-bond acceptors (Lipinski definition) is 4. The van der Waals surface area contributed by atoms with Crippen molar-refractivity contribution in [1.29, 1.82) is 0 Å². The van der Waals surface area contributed by atoms with E-state index >= 15 is 0 Å². The highest BCUT2D eigenvalue weighted by molar-refractivity contribution is 7.17. The first-order valence-electron chi connectivity index (χ1n) is 10.6. The van der Waals surface area contributed by atoms with Gasteiger partial charge in [-0.05, 0) is 54.9 Å². The number of fused-ring (bicyclic) bond motifs is 2. The van der Waals surface area contributed by atoms with E-state index in [1.54, 1.807) is 0 Å². The van der Waals surface area contributed by atoms with Crippen LogP contribution in [0, 0.1) is 0 Å². The van der Waals surface area contributed by atoms with Crippen LogP contribution in [0.2, 0.25) is 0 Å². The third-order valence-electron chi connectivity index (χ3n) is 6.03. The molecule has 0 saturated heterocycles. The molecule has 0 amide bonds. The average Bonchev–Trinajstić information content (AvgIpc) is 3.22. The normalized spacial score (nSPS) is 14.6. The number of H-pyrrole nitrogens is 1. The van der Waals surface area contributed by atoms with Crippen LogP contribution in [0.4, 0.5) is 0 Å². The van der Waals surface area contributed by atoms with Gasteiger partial charge in [0.1, 0.15) is 10.7 Å². The van der Waals surface area contributed by atoms with Crippen molar-refractivity contribution < 1.29 is 0 Å². The molecule has 0 spiro atoms. The Bertz CT molecular complexity index is 1240. The van der Waals surface area contributed by atoms with E-state index < -0.39 is 0 Å². The van der Waals surface area contributed by atoms with E-state index in [1.807, 2.05) is 35.7 Å². The molecule has 0 fully saturated rings. The predicted molar refractivity (Wildman–Crippen MR) is 124 cm³/mol. The number of nitrogens with one attached hydrogen (secondary N) is 2. The highest BCUT2D eigenvalue weighted by Crippen LogP contribution is 2.30. The van der Waals surface area contributed by atoms with Crippen LogP contribution < -0.4 is 10.9 Å². The lowest BCUT2D eigenvalue weighted by atomic mass is 9.89. The average molecular weight is 416 g/mol. The minimum absolute atomic E-state index is 0.0710. The fraction of sp³-hybridized carbons (Fsp3) is 0.280. The molecular weight excluding hydrogens is 390 g/mol. The summed E-state index contributed by atoms with van der Waals surface area (Å²) < 4.78 is 0. The molecule has 0 saturated carbocycles. The molecule has 152 valence electrons. The molecule has 4 nitrogen and oxygen atoms in total. The van der Waals surface area contributed by atoms with Gasteiger partial charge in [-0.25, -0.2) is 4.98 Å². The van der Waals surface area contributed by atoms with Crippen LogP contribution in [0.1, 0.15) is 48.3 Å². The van der Waals surface area contributed by atoms with Crippen molar-refractivity contribution >= 4 is 21.6 Å². The molecule has 2 heterocycles. The van der Waals surface area contributed by atoms with E-state index in [9.17, 15) is 4.79 Å². The highest BCUT2D eigenvalue weighted by atomic mass is 32.1. The van der Waals surface area contributed by atoms with Gasteiger partial charge in [-0.15, -0.1) is 11.3 Å². The Labute approximate surface area is 180 Å². The van der Waals surface area contributed by atoms with Gasteiger partial charge in [-0.3, -0.25) is 4.79 Å². The lowest BCUT2D eigenvalue weighted by Crippen LogP contribution is -2.22. The third kappa shape index (κ3) is 3.71. The first-order chi connectivity index (χ1) is 14.7. The van der Waals surface area contributed by atoms with Gasteiger partial charge in [0.15, 0.2) is 0 Å². The van der Waals surface area contributed by atoms with Gasteiger partial charge < -0.3 is 10.3 Å². The SMILES string of the molecule is C[C@@H](NCc1nc2scc(-c3ccccc3)c2c(=O)[nH]1)c1ccc2c(c1)CCCC2. The molecule has 2 N–H and O–H groups in total. The second-order valence-electron chi connectivity index (χ2n) is 8.05. The maximum absolute atomic E-state index is 12.8. The second kappa shape index (κ2) is 8.17. The molecular formula is C25H25N3OS. The summed E-state index contributed by atoms with van der Waals surface area (Å²) in [7, 11) is 0. The molecule has 30 heavy (non-hydrogen) atoms. The monoisotopic (exact) mass is 415 g/mol. The smallest absolute Gasteiger partial charge is 0.260 e. The molecule has 1 aliphatic carbocycles. The zero-order valence-corrected chi connectivity index (χ0v) is 17.9. The zero-order valence-electron chi connectivity index (χ0n) is 17.1. The number of aromatic nitrogens is 2. The highest BCUT2D eigenvalue weighted by Gasteiger charge is 2.15. The Balaban J connectivity index is 1.35. The Kier molecular flexibility index (Phi) is 5.23. The maximum Gasteiger partial charge on any atom is 0.260 e. The lowest BCUT2D eigenvalue weighted by Gasteiger charge is -2.20. The largest absolute Gasteiger partial charge is 0.309 e. The molecule has 0 radical (unpaired) electrons. The standard InChI is InChI=1S/C25H25N3OS/c1-16(19-12-11-17-7-5-6-10-20(17)13-19)26-14-22-27-24(29)23-21(15-30-25(23)28-22)18-8-3-2-4-9-18/h2-4,8-9,11-13,15-16,26H,5-7,10,14H2,1H3,(H,27,28,29)/t16-/m1/s1. The van der Waals surface area contributed by atoms with Gasteiger partial charge >= 0.3 is 0 Å². The van der Waals surface area contributed by atoms with E-state index in [0.29, 0.717) is 17.8 Å². The molecule has 0 aliphatic heterocycles. The van der Waals surface area contributed by atoms with Gasteiger partial charge in [-0.1, -0.05) is 48.5 Å². The van der Waals surface area contributed by atoms with Gasteiger partial charge in [0, 0.05) is 17.0 Å². The quantitative estimate of drug-likeness (QED) is 0.460.